The second kappa shape index (κ2) is 5.99. The zero-order chi connectivity index (χ0) is 15.0. The maximum atomic E-state index is 10.5. The van der Waals surface area contributed by atoms with Crippen molar-refractivity contribution in [3.8, 4) is 11.5 Å². The van der Waals surface area contributed by atoms with E-state index in [1.54, 1.807) is 14.2 Å². The zero-order valence-corrected chi connectivity index (χ0v) is 13.9. The number of aliphatic hydroxyl groups is 1. The molecule has 21 heavy (non-hydrogen) atoms. The minimum absolute atomic E-state index is 0.311. The molecule has 1 atom stereocenters. The van der Waals surface area contributed by atoms with Gasteiger partial charge in [0.1, 0.15) is 11.8 Å². The highest BCUT2D eigenvalue weighted by molar-refractivity contribution is 9.10. The molecule has 3 heterocycles. The van der Waals surface area contributed by atoms with Crippen molar-refractivity contribution in [2.24, 2.45) is 5.92 Å². The summed E-state index contributed by atoms with van der Waals surface area (Å²) in [7, 11) is 3.26. The van der Waals surface area contributed by atoms with Gasteiger partial charge in [-0.05, 0) is 33.6 Å². The molecule has 3 aliphatic rings. The Labute approximate surface area is 133 Å². The van der Waals surface area contributed by atoms with E-state index in [9.17, 15) is 5.11 Å². The van der Waals surface area contributed by atoms with Crippen LogP contribution in [0.5, 0.6) is 11.5 Å². The van der Waals surface area contributed by atoms with Gasteiger partial charge in [-0.25, -0.2) is 0 Å². The molecule has 3 fully saturated rings. The Morgan fingerprint density at radius 1 is 1.24 bits per heavy atom. The number of hydrogen-bond acceptors (Lipinski definition) is 3. The fourth-order valence-corrected chi connectivity index (χ4v) is 4.07. The van der Waals surface area contributed by atoms with Crippen molar-refractivity contribution >= 4 is 22.0 Å². The molecule has 2 N–H and O–H groups in total. The van der Waals surface area contributed by atoms with Crippen molar-refractivity contribution < 1.29 is 19.5 Å². The van der Waals surface area contributed by atoms with E-state index < -0.39 is 0 Å². The number of methoxy groups -OCH3 is 2. The first-order chi connectivity index (χ1) is 10.1. The van der Waals surface area contributed by atoms with Crippen LogP contribution in [-0.4, -0.2) is 38.5 Å². The van der Waals surface area contributed by atoms with Crippen molar-refractivity contribution in [2.75, 3.05) is 27.3 Å². The maximum Gasteiger partial charge on any atom is 0.174 e. The van der Waals surface area contributed by atoms with Gasteiger partial charge in [0.05, 0.1) is 31.8 Å². The van der Waals surface area contributed by atoms with Crippen LogP contribution in [0.25, 0.3) is 6.08 Å². The molecule has 0 spiro atoms. The van der Waals surface area contributed by atoms with Crippen LogP contribution in [0.4, 0.5) is 0 Å². The molecule has 4 nitrogen and oxygen atoms in total. The third-order valence-electron chi connectivity index (χ3n) is 4.59. The van der Waals surface area contributed by atoms with Gasteiger partial charge in [0.2, 0.25) is 0 Å². The number of quaternary nitrogens is 1. The summed E-state index contributed by atoms with van der Waals surface area (Å²) < 4.78 is 11.6. The van der Waals surface area contributed by atoms with Crippen LogP contribution in [-0.2, 0) is 0 Å². The Hall–Kier alpha value is -1.04. The van der Waals surface area contributed by atoms with Crippen LogP contribution in [0.3, 0.4) is 0 Å². The van der Waals surface area contributed by atoms with E-state index in [2.05, 4.69) is 22.0 Å². The minimum atomic E-state index is -0.311. The first kappa shape index (κ1) is 14.9. The molecule has 114 valence electrons. The average Bonchev–Trinajstić information content (AvgIpc) is 2.50. The molecule has 3 saturated heterocycles. The highest BCUT2D eigenvalue weighted by Crippen LogP contribution is 2.37. The lowest BCUT2D eigenvalue weighted by Crippen LogP contribution is -3.14. The maximum absolute atomic E-state index is 10.5. The average molecular weight is 355 g/mol. The number of aliphatic hydroxyl groups excluding tert-OH is 1. The molecule has 1 aromatic rings. The van der Waals surface area contributed by atoms with E-state index in [0.29, 0.717) is 17.4 Å². The Morgan fingerprint density at radius 2 is 1.95 bits per heavy atom. The first-order valence-corrected chi connectivity index (χ1v) is 8.09. The molecular formula is C16H21BrNO3+. The summed E-state index contributed by atoms with van der Waals surface area (Å²) in [6.45, 7) is 2.25. The lowest BCUT2D eigenvalue weighted by Gasteiger charge is -2.41. The van der Waals surface area contributed by atoms with Crippen LogP contribution in [0.15, 0.2) is 22.3 Å². The summed E-state index contributed by atoms with van der Waals surface area (Å²) in [6, 6.07) is 3.95. The Bertz CT molecular complexity index is 561. The summed E-state index contributed by atoms with van der Waals surface area (Å²) in [6.07, 6.45) is 4.04. The molecule has 2 bridgehead atoms. The lowest BCUT2D eigenvalue weighted by atomic mass is 9.83. The second-order valence-electron chi connectivity index (χ2n) is 5.72. The fourth-order valence-electron chi connectivity index (χ4n) is 3.44. The quantitative estimate of drug-likeness (QED) is 0.863. The third kappa shape index (κ3) is 2.70. The van der Waals surface area contributed by atoms with Crippen LogP contribution in [0.2, 0.25) is 0 Å². The van der Waals surface area contributed by atoms with Gasteiger partial charge in [-0.3, -0.25) is 0 Å². The summed E-state index contributed by atoms with van der Waals surface area (Å²) in [5, 5.41) is 10.5. The fraction of sp³-hybridized carbons (Fsp3) is 0.500. The largest absolute Gasteiger partial charge is 0.493 e. The molecule has 0 saturated carbocycles. The molecule has 0 aliphatic carbocycles. The number of piperidine rings is 3. The number of fused-ring (bicyclic) bond motifs is 3. The van der Waals surface area contributed by atoms with Crippen LogP contribution in [0.1, 0.15) is 18.4 Å². The summed E-state index contributed by atoms with van der Waals surface area (Å²) >= 11 is 3.52. The molecule has 4 rings (SSSR count). The van der Waals surface area contributed by atoms with Crippen molar-refractivity contribution in [1.82, 2.24) is 0 Å². The predicted molar refractivity (Wildman–Crippen MR) is 84.7 cm³/mol. The van der Waals surface area contributed by atoms with Crippen LogP contribution < -0.4 is 14.4 Å². The van der Waals surface area contributed by atoms with Gasteiger partial charge >= 0.3 is 0 Å². The number of rotatable bonds is 3. The molecule has 3 aliphatic heterocycles. The Balaban J connectivity index is 1.97. The smallest absolute Gasteiger partial charge is 0.174 e. The van der Waals surface area contributed by atoms with E-state index >= 15 is 0 Å². The number of halogens is 1. The van der Waals surface area contributed by atoms with Crippen molar-refractivity contribution in [1.29, 1.82) is 0 Å². The van der Waals surface area contributed by atoms with E-state index in [0.717, 1.165) is 41.7 Å². The van der Waals surface area contributed by atoms with Crippen molar-refractivity contribution in [2.45, 2.75) is 18.9 Å². The van der Waals surface area contributed by atoms with E-state index in [1.807, 2.05) is 12.1 Å². The standard InChI is InChI=1S/C16H20BrNO3/c1-20-14-9-10(7-12(17)16(14)21-2)8-13-15(19)11-3-5-18(13)6-4-11/h7-9,11,15,19H,3-6H2,1-2H3/p+1/b13-8-/t15-/m1/s1. The predicted octanol–water partition coefficient (Wildman–Crippen LogP) is 1.48. The SMILES string of the molecule is COc1cc(/C=C2/[C@H](O)C3CC[NH+]2CC3)cc(Br)c1OC. The number of ether oxygens (including phenoxy) is 2. The molecule has 1 aromatic carbocycles. The Kier molecular flexibility index (Phi) is 4.24. The summed E-state index contributed by atoms with van der Waals surface area (Å²) in [4.78, 5) is 1.41. The Morgan fingerprint density at radius 3 is 2.52 bits per heavy atom. The minimum Gasteiger partial charge on any atom is -0.493 e. The topological polar surface area (TPSA) is 43.1 Å². The van der Waals surface area contributed by atoms with Crippen molar-refractivity contribution in [3.63, 3.8) is 0 Å². The van der Waals surface area contributed by atoms with Gasteiger partial charge < -0.3 is 19.5 Å². The van der Waals surface area contributed by atoms with E-state index in [4.69, 9.17) is 9.47 Å². The summed E-state index contributed by atoms with van der Waals surface area (Å²) in [5.41, 5.74) is 2.13. The van der Waals surface area contributed by atoms with Crippen molar-refractivity contribution in [3.05, 3.63) is 27.9 Å². The van der Waals surface area contributed by atoms with Crippen LogP contribution in [0, 0.1) is 5.92 Å². The van der Waals surface area contributed by atoms with E-state index in [-0.39, 0.29) is 6.10 Å². The number of nitrogens with one attached hydrogen (secondary N) is 1. The first-order valence-electron chi connectivity index (χ1n) is 7.30. The second-order valence-corrected chi connectivity index (χ2v) is 6.58. The molecule has 0 unspecified atom stereocenters. The molecule has 0 radical (unpaired) electrons. The molecular weight excluding hydrogens is 334 g/mol. The lowest BCUT2D eigenvalue weighted by molar-refractivity contribution is -0.880. The van der Waals surface area contributed by atoms with Gasteiger partial charge in [0.15, 0.2) is 11.5 Å². The number of hydrogen-bond donors (Lipinski definition) is 2. The van der Waals surface area contributed by atoms with Gasteiger partial charge in [-0.15, -0.1) is 0 Å². The van der Waals surface area contributed by atoms with Gasteiger partial charge in [-0.1, -0.05) is 0 Å². The normalized spacial score (nSPS) is 29.7. The molecule has 0 amide bonds. The monoisotopic (exact) mass is 354 g/mol. The summed E-state index contributed by atoms with van der Waals surface area (Å²) in [5.74, 6) is 1.81. The zero-order valence-electron chi connectivity index (χ0n) is 12.4. The van der Waals surface area contributed by atoms with Gasteiger partial charge in [0, 0.05) is 24.8 Å². The van der Waals surface area contributed by atoms with Gasteiger partial charge in [0.25, 0.3) is 0 Å². The van der Waals surface area contributed by atoms with Gasteiger partial charge in [-0.2, -0.15) is 0 Å². The number of benzene rings is 1. The van der Waals surface area contributed by atoms with Crippen LogP contribution >= 0.6 is 15.9 Å². The molecule has 5 heteroatoms. The molecule has 0 aromatic heterocycles. The highest BCUT2D eigenvalue weighted by Gasteiger charge is 2.41. The van der Waals surface area contributed by atoms with E-state index in [1.165, 1.54) is 4.90 Å². The third-order valence-corrected chi connectivity index (χ3v) is 5.17. The highest BCUT2D eigenvalue weighted by atomic mass is 79.9.